The van der Waals surface area contributed by atoms with Crippen LogP contribution in [-0.4, -0.2) is 46.7 Å². The molecule has 2 N–H and O–H groups in total. The van der Waals surface area contributed by atoms with Crippen LogP contribution in [0, 0.1) is 6.92 Å². The van der Waals surface area contributed by atoms with Crippen molar-refractivity contribution in [2.45, 2.75) is 13.3 Å². The lowest BCUT2D eigenvalue weighted by Crippen LogP contribution is -2.35. The molecule has 0 heterocycles. The molecule has 18 heavy (non-hydrogen) atoms. The number of carboxylic acid groups (broad SMARTS) is 1. The van der Waals surface area contributed by atoms with Gasteiger partial charge in [0.05, 0.1) is 13.0 Å². The number of hydrogen-bond acceptors (Lipinski definition) is 3. The van der Waals surface area contributed by atoms with Gasteiger partial charge in [-0.3, -0.25) is 9.59 Å². The molecule has 0 aliphatic heterocycles. The molecule has 0 saturated carbocycles. The predicted octanol–water partition coefficient (Wildman–Crippen LogP) is 0.904. The highest BCUT2D eigenvalue weighted by molar-refractivity contribution is 5.95. The Hall–Kier alpha value is -1.88. The number of aryl methyl sites for hydroxylation is 1. The zero-order valence-electron chi connectivity index (χ0n) is 10.3. The number of carbonyl (C=O) groups is 2. The van der Waals surface area contributed by atoms with Gasteiger partial charge in [0.25, 0.3) is 5.91 Å². The van der Waals surface area contributed by atoms with E-state index in [0.717, 1.165) is 5.56 Å². The Morgan fingerprint density at radius 1 is 1.22 bits per heavy atom. The van der Waals surface area contributed by atoms with Crippen LogP contribution in [0.1, 0.15) is 22.3 Å². The molecule has 0 saturated heterocycles. The van der Waals surface area contributed by atoms with E-state index < -0.39 is 5.97 Å². The topological polar surface area (TPSA) is 77.8 Å². The molecule has 5 heteroatoms. The highest BCUT2D eigenvalue weighted by Crippen LogP contribution is 2.10. The van der Waals surface area contributed by atoms with Gasteiger partial charge in [-0.2, -0.15) is 0 Å². The van der Waals surface area contributed by atoms with Crippen LogP contribution in [-0.2, 0) is 4.79 Å². The third-order valence-corrected chi connectivity index (χ3v) is 2.63. The van der Waals surface area contributed by atoms with Crippen molar-refractivity contribution in [2.24, 2.45) is 0 Å². The lowest BCUT2D eigenvalue weighted by atomic mass is 10.1. The van der Waals surface area contributed by atoms with Gasteiger partial charge in [0.15, 0.2) is 0 Å². The molecular weight excluding hydrogens is 234 g/mol. The third kappa shape index (κ3) is 3.85. The number of amides is 1. The number of benzene rings is 1. The van der Waals surface area contributed by atoms with E-state index in [1.54, 1.807) is 12.1 Å². The molecule has 0 aliphatic rings. The second kappa shape index (κ2) is 6.76. The minimum absolute atomic E-state index is 0.100. The standard InChI is InChI=1S/C13H17NO4/c1-10-4-2-3-5-11(10)13(18)14(8-9-15)7-6-12(16)17/h2-5,15H,6-9H2,1H3,(H,16,17). The SMILES string of the molecule is Cc1ccccc1C(=O)N(CCO)CCC(=O)O. The van der Waals surface area contributed by atoms with Crippen molar-refractivity contribution in [2.75, 3.05) is 19.7 Å². The normalized spacial score (nSPS) is 10.1. The van der Waals surface area contributed by atoms with Crippen molar-refractivity contribution >= 4 is 11.9 Å². The van der Waals surface area contributed by atoms with Crippen LogP contribution in [0.2, 0.25) is 0 Å². The summed E-state index contributed by atoms with van der Waals surface area (Å²) in [6, 6.07) is 7.11. The van der Waals surface area contributed by atoms with Crippen LogP contribution in [0.3, 0.4) is 0 Å². The molecule has 5 nitrogen and oxygen atoms in total. The molecule has 0 spiro atoms. The summed E-state index contributed by atoms with van der Waals surface area (Å²) in [5.41, 5.74) is 1.37. The van der Waals surface area contributed by atoms with Gasteiger partial charge in [-0.25, -0.2) is 0 Å². The Kier molecular flexibility index (Phi) is 5.32. The van der Waals surface area contributed by atoms with Crippen molar-refractivity contribution in [1.29, 1.82) is 0 Å². The molecule has 0 fully saturated rings. The number of nitrogens with zero attached hydrogens (tertiary/aromatic N) is 1. The first kappa shape index (κ1) is 14.2. The lowest BCUT2D eigenvalue weighted by Gasteiger charge is -2.21. The van der Waals surface area contributed by atoms with E-state index in [1.165, 1.54) is 4.90 Å². The number of rotatable bonds is 6. The molecule has 1 aromatic rings. The first-order chi connectivity index (χ1) is 8.56. The van der Waals surface area contributed by atoms with Gasteiger partial charge in [0.2, 0.25) is 0 Å². The van der Waals surface area contributed by atoms with Crippen LogP contribution < -0.4 is 0 Å². The van der Waals surface area contributed by atoms with Crippen LogP contribution in [0.4, 0.5) is 0 Å². The second-order valence-corrected chi connectivity index (χ2v) is 3.97. The zero-order chi connectivity index (χ0) is 13.5. The van der Waals surface area contributed by atoms with E-state index in [-0.39, 0.29) is 32.0 Å². The molecule has 98 valence electrons. The third-order valence-electron chi connectivity index (χ3n) is 2.63. The Morgan fingerprint density at radius 2 is 1.89 bits per heavy atom. The number of carboxylic acids is 1. The Balaban J connectivity index is 2.82. The summed E-state index contributed by atoms with van der Waals surface area (Å²) in [6.07, 6.45) is -0.127. The van der Waals surface area contributed by atoms with E-state index in [9.17, 15) is 9.59 Å². The molecule has 0 aliphatic carbocycles. The van der Waals surface area contributed by atoms with Gasteiger partial charge in [0, 0.05) is 18.7 Å². The minimum Gasteiger partial charge on any atom is -0.481 e. The first-order valence-electron chi connectivity index (χ1n) is 5.74. The molecule has 0 bridgehead atoms. The monoisotopic (exact) mass is 251 g/mol. The van der Waals surface area contributed by atoms with E-state index in [4.69, 9.17) is 10.2 Å². The first-order valence-corrected chi connectivity index (χ1v) is 5.74. The van der Waals surface area contributed by atoms with Crippen LogP contribution in [0.15, 0.2) is 24.3 Å². The smallest absolute Gasteiger partial charge is 0.305 e. The zero-order valence-corrected chi connectivity index (χ0v) is 10.3. The molecule has 0 unspecified atom stereocenters. The quantitative estimate of drug-likeness (QED) is 0.787. The summed E-state index contributed by atoms with van der Waals surface area (Å²) in [5.74, 6) is -1.21. The van der Waals surface area contributed by atoms with Crippen LogP contribution >= 0.6 is 0 Å². The average Bonchev–Trinajstić information content (AvgIpc) is 2.34. The van der Waals surface area contributed by atoms with Crippen molar-refractivity contribution in [1.82, 2.24) is 4.90 Å². The highest BCUT2D eigenvalue weighted by Gasteiger charge is 2.17. The fourth-order valence-electron chi connectivity index (χ4n) is 1.65. The Labute approximate surface area is 106 Å². The highest BCUT2D eigenvalue weighted by atomic mass is 16.4. The van der Waals surface area contributed by atoms with Gasteiger partial charge in [-0.1, -0.05) is 18.2 Å². The summed E-state index contributed by atoms with van der Waals surface area (Å²) in [7, 11) is 0. The lowest BCUT2D eigenvalue weighted by molar-refractivity contribution is -0.137. The number of aliphatic hydroxyl groups excluding tert-OH is 1. The molecule has 0 radical (unpaired) electrons. The van der Waals surface area contributed by atoms with Gasteiger partial charge in [-0.05, 0) is 18.6 Å². The molecule has 1 aromatic carbocycles. The molecule has 0 aromatic heterocycles. The van der Waals surface area contributed by atoms with Gasteiger partial charge >= 0.3 is 5.97 Å². The van der Waals surface area contributed by atoms with E-state index in [2.05, 4.69) is 0 Å². The largest absolute Gasteiger partial charge is 0.481 e. The maximum atomic E-state index is 12.2. The van der Waals surface area contributed by atoms with Crippen LogP contribution in [0.5, 0.6) is 0 Å². The fraction of sp³-hybridized carbons (Fsp3) is 0.385. The minimum atomic E-state index is -0.962. The maximum absolute atomic E-state index is 12.2. The second-order valence-electron chi connectivity index (χ2n) is 3.97. The summed E-state index contributed by atoms with van der Waals surface area (Å²) < 4.78 is 0. The Bertz CT molecular complexity index is 431. The maximum Gasteiger partial charge on any atom is 0.305 e. The van der Waals surface area contributed by atoms with E-state index in [1.807, 2.05) is 19.1 Å². The van der Waals surface area contributed by atoms with Gasteiger partial charge in [-0.15, -0.1) is 0 Å². The summed E-state index contributed by atoms with van der Waals surface area (Å²) in [6.45, 7) is 1.88. The van der Waals surface area contributed by atoms with E-state index in [0.29, 0.717) is 5.56 Å². The van der Waals surface area contributed by atoms with Crippen molar-refractivity contribution in [3.8, 4) is 0 Å². The number of carbonyl (C=O) groups excluding carboxylic acids is 1. The summed E-state index contributed by atoms with van der Waals surface area (Å²) >= 11 is 0. The molecule has 0 atom stereocenters. The van der Waals surface area contributed by atoms with Crippen molar-refractivity contribution in [3.63, 3.8) is 0 Å². The van der Waals surface area contributed by atoms with Crippen molar-refractivity contribution in [3.05, 3.63) is 35.4 Å². The number of aliphatic carboxylic acids is 1. The van der Waals surface area contributed by atoms with Crippen molar-refractivity contribution < 1.29 is 19.8 Å². The fourth-order valence-corrected chi connectivity index (χ4v) is 1.65. The average molecular weight is 251 g/mol. The van der Waals surface area contributed by atoms with E-state index >= 15 is 0 Å². The number of hydrogen-bond donors (Lipinski definition) is 2. The summed E-state index contributed by atoms with van der Waals surface area (Å²) in [4.78, 5) is 24.1. The van der Waals surface area contributed by atoms with Crippen LogP contribution in [0.25, 0.3) is 0 Å². The molecular formula is C13H17NO4. The number of aliphatic hydroxyl groups is 1. The molecule has 1 rings (SSSR count). The molecule has 1 amide bonds. The Morgan fingerprint density at radius 3 is 2.44 bits per heavy atom. The van der Waals surface area contributed by atoms with Gasteiger partial charge in [0.1, 0.15) is 0 Å². The predicted molar refractivity (Wildman–Crippen MR) is 66.4 cm³/mol. The van der Waals surface area contributed by atoms with Gasteiger partial charge < -0.3 is 15.1 Å². The summed E-state index contributed by atoms with van der Waals surface area (Å²) in [5, 5.41) is 17.6.